The van der Waals surface area contributed by atoms with Crippen LogP contribution in [0.4, 0.5) is 0 Å². The maximum Gasteiger partial charge on any atom is 0.328 e. The number of halogens is 1. The van der Waals surface area contributed by atoms with E-state index in [4.69, 9.17) is 21.4 Å². The number of carbonyl (C=O) groups excluding carboxylic acids is 1. The van der Waals surface area contributed by atoms with Gasteiger partial charge in [0.2, 0.25) is 5.91 Å². The second-order valence-electron chi connectivity index (χ2n) is 4.60. The van der Waals surface area contributed by atoms with Gasteiger partial charge in [0.1, 0.15) is 5.75 Å². The number of benzene rings is 1. The van der Waals surface area contributed by atoms with Gasteiger partial charge in [-0.05, 0) is 30.2 Å². The Morgan fingerprint density at radius 3 is 2.67 bits per heavy atom. The monoisotopic (exact) mass is 311 g/mol. The fraction of sp³-hybridized carbons (Fsp3) is 0.333. The molecule has 1 amide bonds. The van der Waals surface area contributed by atoms with Crippen molar-refractivity contribution in [2.75, 3.05) is 20.7 Å². The van der Waals surface area contributed by atoms with Crippen LogP contribution >= 0.6 is 11.6 Å². The summed E-state index contributed by atoms with van der Waals surface area (Å²) in [6.45, 7) is 0.392. The number of nitrogens with zero attached hydrogens (tertiary/aromatic N) is 1. The zero-order valence-corrected chi connectivity index (χ0v) is 12.8. The summed E-state index contributed by atoms with van der Waals surface area (Å²) in [6.07, 6.45) is 3.52. The number of carboxylic acid groups (broad SMARTS) is 1. The summed E-state index contributed by atoms with van der Waals surface area (Å²) in [4.78, 5) is 23.3. The summed E-state index contributed by atoms with van der Waals surface area (Å²) in [5, 5.41) is 8.95. The van der Waals surface area contributed by atoms with Crippen molar-refractivity contribution in [2.24, 2.45) is 0 Å². The van der Waals surface area contributed by atoms with Crippen LogP contribution in [0, 0.1) is 0 Å². The van der Waals surface area contributed by atoms with Gasteiger partial charge in [0.15, 0.2) is 0 Å². The maximum absolute atomic E-state index is 11.4. The highest BCUT2D eigenvalue weighted by Gasteiger charge is 2.05. The van der Waals surface area contributed by atoms with Gasteiger partial charge in [-0.2, -0.15) is 0 Å². The van der Waals surface area contributed by atoms with E-state index >= 15 is 0 Å². The summed E-state index contributed by atoms with van der Waals surface area (Å²) >= 11 is 6.06. The van der Waals surface area contributed by atoms with Gasteiger partial charge in [-0.1, -0.05) is 17.7 Å². The number of carbonyl (C=O) groups is 2. The Labute approximate surface area is 128 Å². The first-order chi connectivity index (χ1) is 9.90. The molecule has 114 valence electrons. The molecule has 0 fully saturated rings. The molecule has 0 saturated heterocycles. The van der Waals surface area contributed by atoms with Crippen LogP contribution in [0.2, 0.25) is 5.02 Å². The lowest BCUT2D eigenvalue weighted by molar-refractivity contribution is -0.131. The fourth-order valence-corrected chi connectivity index (χ4v) is 1.78. The largest absolute Gasteiger partial charge is 0.492 e. The molecule has 1 aromatic carbocycles. The van der Waals surface area contributed by atoms with Crippen LogP contribution in [-0.2, 0) is 9.59 Å². The van der Waals surface area contributed by atoms with Gasteiger partial charge in [-0.15, -0.1) is 0 Å². The summed E-state index contributed by atoms with van der Waals surface area (Å²) in [6, 6.07) is 5.02. The molecule has 0 aliphatic rings. The average molecular weight is 312 g/mol. The van der Waals surface area contributed by atoms with E-state index in [0.29, 0.717) is 35.8 Å². The Balaban J connectivity index is 2.50. The molecule has 1 rings (SSSR count). The molecule has 0 aromatic heterocycles. The Morgan fingerprint density at radius 1 is 1.38 bits per heavy atom. The smallest absolute Gasteiger partial charge is 0.328 e. The van der Waals surface area contributed by atoms with Crippen molar-refractivity contribution in [3.63, 3.8) is 0 Å². The van der Waals surface area contributed by atoms with Crippen molar-refractivity contribution in [2.45, 2.75) is 12.8 Å². The molecule has 6 heteroatoms. The first-order valence-corrected chi connectivity index (χ1v) is 6.81. The molecule has 0 aliphatic carbocycles. The Bertz CT molecular complexity index is 540. The number of hydrogen-bond donors (Lipinski definition) is 1. The number of aliphatic carboxylic acids is 1. The zero-order valence-electron chi connectivity index (χ0n) is 12.0. The minimum atomic E-state index is -1.02. The van der Waals surface area contributed by atoms with Crippen LogP contribution < -0.4 is 4.74 Å². The molecule has 1 aromatic rings. The topological polar surface area (TPSA) is 66.8 Å². The van der Waals surface area contributed by atoms with Crippen molar-refractivity contribution in [1.82, 2.24) is 4.90 Å². The minimum absolute atomic E-state index is 0.0545. The van der Waals surface area contributed by atoms with Gasteiger partial charge in [-0.25, -0.2) is 4.79 Å². The van der Waals surface area contributed by atoms with Crippen LogP contribution in [0.15, 0.2) is 24.3 Å². The first kappa shape index (κ1) is 17.0. The zero-order chi connectivity index (χ0) is 15.8. The molecule has 0 bridgehead atoms. The second-order valence-corrected chi connectivity index (χ2v) is 5.01. The second kappa shape index (κ2) is 8.32. The van der Waals surface area contributed by atoms with E-state index in [1.807, 2.05) is 0 Å². The molecule has 0 unspecified atom stereocenters. The number of rotatable bonds is 7. The Morgan fingerprint density at radius 2 is 2.10 bits per heavy atom. The van der Waals surface area contributed by atoms with Gasteiger partial charge in [0.05, 0.1) is 11.6 Å². The molecule has 0 aliphatic heterocycles. The fourth-order valence-electron chi connectivity index (χ4n) is 1.53. The SMILES string of the molecule is CN(C)C(=O)CCCOc1ccc(C=CC(=O)O)cc1Cl. The quantitative estimate of drug-likeness (QED) is 0.621. The number of ether oxygens (including phenoxy) is 1. The van der Waals surface area contributed by atoms with E-state index in [1.165, 1.54) is 11.0 Å². The summed E-state index contributed by atoms with van der Waals surface area (Å²) in [5.74, 6) is -0.447. The highest BCUT2D eigenvalue weighted by Crippen LogP contribution is 2.26. The molecule has 0 heterocycles. The molecule has 0 radical (unpaired) electrons. The lowest BCUT2D eigenvalue weighted by Crippen LogP contribution is -2.21. The van der Waals surface area contributed by atoms with Crippen molar-refractivity contribution >= 4 is 29.6 Å². The highest BCUT2D eigenvalue weighted by molar-refractivity contribution is 6.32. The van der Waals surface area contributed by atoms with Crippen LogP contribution in [0.25, 0.3) is 6.08 Å². The van der Waals surface area contributed by atoms with Crippen molar-refractivity contribution < 1.29 is 19.4 Å². The molecule has 1 N–H and O–H groups in total. The summed E-state index contributed by atoms with van der Waals surface area (Å²) < 4.78 is 5.50. The number of carboxylic acids is 1. The van der Waals surface area contributed by atoms with Crippen molar-refractivity contribution in [3.8, 4) is 5.75 Å². The molecule has 0 spiro atoms. The highest BCUT2D eigenvalue weighted by atomic mass is 35.5. The van der Waals surface area contributed by atoms with Crippen LogP contribution in [0.3, 0.4) is 0 Å². The van der Waals surface area contributed by atoms with Crippen LogP contribution in [0.1, 0.15) is 18.4 Å². The van der Waals surface area contributed by atoms with Gasteiger partial charge in [0.25, 0.3) is 0 Å². The average Bonchev–Trinajstić information content (AvgIpc) is 2.42. The van der Waals surface area contributed by atoms with E-state index in [-0.39, 0.29) is 5.91 Å². The van der Waals surface area contributed by atoms with Gasteiger partial charge < -0.3 is 14.7 Å². The van der Waals surface area contributed by atoms with Crippen LogP contribution in [0.5, 0.6) is 5.75 Å². The maximum atomic E-state index is 11.4. The summed E-state index contributed by atoms with van der Waals surface area (Å²) in [5.41, 5.74) is 0.678. The van der Waals surface area contributed by atoms with Gasteiger partial charge in [-0.3, -0.25) is 4.79 Å². The molecular formula is C15H18ClNO4. The predicted molar refractivity (Wildman–Crippen MR) is 81.5 cm³/mol. The Hall–Kier alpha value is -2.01. The number of hydrogen-bond acceptors (Lipinski definition) is 3. The predicted octanol–water partition coefficient (Wildman–Crippen LogP) is 2.69. The van der Waals surface area contributed by atoms with E-state index in [1.54, 1.807) is 32.3 Å². The van der Waals surface area contributed by atoms with E-state index in [9.17, 15) is 9.59 Å². The molecule has 0 atom stereocenters. The normalized spacial score (nSPS) is 10.6. The third-order valence-corrected chi connectivity index (χ3v) is 2.96. The van der Waals surface area contributed by atoms with Crippen LogP contribution in [-0.4, -0.2) is 42.6 Å². The van der Waals surface area contributed by atoms with Gasteiger partial charge >= 0.3 is 5.97 Å². The first-order valence-electron chi connectivity index (χ1n) is 6.43. The van der Waals surface area contributed by atoms with E-state index in [2.05, 4.69) is 0 Å². The summed E-state index contributed by atoms with van der Waals surface area (Å²) in [7, 11) is 3.42. The lowest BCUT2D eigenvalue weighted by Gasteiger charge is -2.11. The molecular weight excluding hydrogens is 294 g/mol. The molecule has 0 saturated carbocycles. The molecule has 21 heavy (non-hydrogen) atoms. The standard InChI is InChI=1S/C15H18ClNO4/c1-17(2)14(18)4-3-9-21-13-7-5-11(10-12(13)16)6-8-15(19)20/h5-8,10H,3-4,9H2,1-2H3,(H,19,20). The number of amides is 1. The van der Waals surface area contributed by atoms with E-state index < -0.39 is 5.97 Å². The van der Waals surface area contributed by atoms with E-state index in [0.717, 1.165) is 6.08 Å². The van der Waals surface area contributed by atoms with Crippen molar-refractivity contribution in [1.29, 1.82) is 0 Å². The third-order valence-electron chi connectivity index (χ3n) is 2.67. The minimum Gasteiger partial charge on any atom is -0.492 e. The third kappa shape index (κ3) is 6.31. The lowest BCUT2D eigenvalue weighted by atomic mass is 10.2. The molecule has 5 nitrogen and oxygen atoms in total. The van der Waals surface area contributed by atoms with Gasteiger partial charge in [0, 0.05) is 26.6 Å². The Kier molecular flexibility index (Phi) is 6.75. The van der Waals surface area contributed by atoms with Crippen molar-refractivity contribution in [3.05, 3.63) is 34.9 Å².